The number of hydrogen-bond acceptors (Lipinski definition) is 4. The number of halogens is 2. The number of sulfone groups is 1. The lowest BCUT2D eigenvalue weighted by Crippen LogP contribution is -2.46. The van der Waals surface area contributed by atoms with Crippen LogP contribution in [0.2, 0.25) is 0 Å². The highest BCUT2D eigenvalue weighted by molar-refractivity contribution is 7.91. The molecule has 1 heterocycles. The fourth-order valence-corrected chi connectivity index (χ4v) is 3.59. The highest BCUT2D eigenvalue weighted by Crippen LogP contribution is 2.42. The van der Waals surface area contributed by atoms with E-state index < -0.39 is 32.1 Å². The summed E-state index contributed by atoms with van der Waals surface area (Å²) in [6.07, 6.45) is 1.77. The summed E-state index contributed by atoms with van der Waals surface area (Å²) in [6.45, 7) is 1.66. The molecule has 2 fully saturated rings. The summed E-state index contributed by atoms with van der Waals surface area (Å²) < 4.78 is 47.8. The Labute approximate surface area is 137 Å². The zero-order valence-corrected chi connectivity index (χ0v) is 13.6. The SMILES string of the molecule is CC1(C2CC2)NC(=O)N(Cc2ccc(S(=O)(=O)C(F)F)cc2)C1=O. The molecule has 24 heavy (non-hydrogen) atoms. The van der Waals surface area contributed by atoms with Gasteiger partial charge in [0.05, 0.1) is 11.4 Å². The van der Waals surface area contributed by atoms with E-state index in [1.165, 1.54) is 12.1 Å². The van der Waals surface area contributed by atoms with Crippen LogP contribution in [0.15, 0.2) is 29.2 Å². The molecule has 6 nitrogen and oxygen atoms in total. The smallest absolute Gasteiger partial charge is 0.323 e. The lowest BCUT2D eigenvalue weighted by molar-refractivity contribution is -0.131. The Morgan fingerprint density at radius 2 is 1.83 bits per heavy atom. The predicted octanol–water partition coefficient (Wildman–Crippen LogP) is 1.90. The summed E-state index contributed by atoms with van der Waals surface area (Å²) in [5.41, 5.74) is -0.414. The van der Waals surface area contributed by atoms with Crippen molar-refractivity contribution in [2.24, 2.45) is 5.92 Å². The molecule has 1 saturated heterocycles. The normalized spacial score (nSPS) is 24.6. The number of nitrogens with zero attached hydrogens (tertiary/aromatic N) is 1. The number of imide groups is 1. The zero-order chi connectivity index (χ0) is 17.7. The van der Waals surface area contributed by atoms with Crippen molar-refractivity contribution < 1.29 is 26.8 Å². The van der Waals surface area contributed by atoms with Crippen LogP contribution in [-0.4, -0.2) is 36.6 Å². The van der Waals surface area contributed by atoms with Gasteiger partial charge in [-0.2, -0.15) is 8.78 Å². The van der Waals surface area contributed by atoms with Gasteiger partial charge in [-0.3, -0.25) is 9.69 Å². The summed E-state index contributed by atoms with van der Waals surface area (Å²) in [4.78, 5) is 25.1. The van der Waals surface area contributed by atoms with Crippen LogP contribution in [0.4, 0.5) is 13.6 Å². The molecule has 1 aromatic carbocycles. The van der Waals surface area contributed by atoms with Gasteiger partial charge in [0.1, 0.15) is 5.54 Å². The Hall–Kier alpha value is -2.03. The molecule has 0 spiro atoms. The van der Waals surface area contributed by atoms with Crippen molar-refractivity contribution in [2.45, 2.75) is 42.5 Å². The second-order valence-electron chi connectivity index (χ2n) is 6.25. The van der Waals surface area contributed by atoms with Gasteiger partial charge in [-0.15, -0.1) is 0 Å². The first kappa shape index (κ1) is 16.8. The van der Waals surface area contributed by atoms with Crippen LogP contribution < -0.4 is 5.32 Å². The van der Waals surface area contributed by atoms with Crippen molar-refractivity contribution in [3.8, 4) is 0 Å². The molecule has 1 aliphatic heterocycles. The predicted molar refractivity (Wildman–Crippen MR) is 79.8 cm³/mol. The number of nitrogens with one attached hydrogen (secondary N) is 1. The molecule has 0 radical (unpaired) electrons. The minimum Gasteiger partial charge on any atom is -0.323 e. The summed E-state index contributed by atoms with van der Waals surface area (Å²) in [5, 5.41) is 2.71. The molecule has 3 rings (SSSR count). The van der Waals surface area contributed by atoms with Crippen molar-refractivity contribution in [2.75, 3.05) is 0 Å². The molecule has 9 heteroatoms. The molecular weight excluding hydrogens is 342 g/mol. The van der Waals surface area contributed by atoms with Gasteiger partial charge in [0, 0.05) is 0 Å². The van der Waals surface area contributed by atoms with Crippen molar-refractivity contribution in [1.82, 2.24) is 10.2 Å². The number of hydrogen-bond donors (Lipinski definition) is 1. The fourth-order valence-electron chi connectivity index (χ4n) is 2.87. The maximum absolute atomic E-state index is 12.5. The van der Waals surface area contributed by atoms with Crippen LogP contribution >= 0.6 is 0 Å². The van der Waals surface area contributed by atoms with Gasteiger partial charge >= 0.3 is 11.8 Å². The topological polar surface area (TPSA) is 83.6 Å². The Balaban J connectivity index is 1.77. The third-order valence-corrected chi connectivity index (χ3v) is 5.92. The van der Waals surface area contributed by atoms with Crippen LogP contribution in [0.5, 0.6) is 0 Å². The fraction of sp³-hybridized carbons (Fsp3) is 0.467. The van der Waals surface area contributed by atoms with E-state index in [9.17, 15) is 26.8 Å². The highest BCUT2D eigenvalue weighted by Gasteiger charge is 2.55. The molecule has 1 N–H and O–H groups in total. The molecular formula is C15H16F2N2O4S. The van der Waals surface area contributed by atoms with Gasteiger partial charge < -0.3 is 5.32 Å². The van der Waals surface area contributed by atoms with E-state index in [1.54, 1.807) is 6.92 Å². The lowest BCUT2D eigenvalue weighted by Gasteiger charge is -2.21. The third kappa shape index (κ3) is 2.66. The van der Waals surface area contributed by atoms with Gasteiger partial charge in [-0.1, -0.05) is 12.1 Å². The number of alkyl halides is 2. The van der Waals surface area contributed by atoms with E-state index in [4.69, 9.17) is 0 Å². The monoisotopic (exact) mass is 358 g/mol. The van der Waals surface area contributed by atoms with Crippen LogP contribution in [0.1, 0.15) is 25.3 Å². The van der Waals surface area contributed by atoms with E-state index in [-0.39, 0.29) is 18.4 Å². The van der Waals surface area contributed by atoms with Crippen LogP contribution in [0.25, 0.3) is 0 Å². The van der Waals surface area contributed by atoms with Gasteiger partial charge in [0.25, 0.3) is 5.91 Å². The first-order valence-corrected chi connectivity index (χ1v) is 8.96. The Morgan fingerprint density at radius 3 is 2.33 bits per heavy atom. The molecule has 0 bridgehead atoms. The standard InChI is InChI=1S/C15H16F2N2O4S/c1-15(10-4-5-10)12(20)19(14(21)18-15)8-9-2-6-11(7-3-9)24(22,23)13(16)17/h2-3,6-7,10,13H,4-5,8H2,1H3,(H,18,21). The van der Waals surface area contributed by atoms with E-state index in [0.29, 0.717) is 5.56 Å². The number of amides is 3. The number of carbonyl (C=O) groups excluding carboxylic acids is 2. The van der Waals surface area contributed by atoms with Crippen molar-refractivity contribution >= 4 is 21.8 Å². The second kappa shape index (κ2) is 5.51. The molecule has 1 unspecified atom stereocenters. The van der Waals surface area contributed by atoms with Crippen LogP contribution in [-0.2, 0) is 21.2 Å². The minimum absolute atomic E-state index is 0.0397. The first-order chi connectivity index (χ1) is 11.2. The quantitative estimate of drug-likeness (QED) is 0.815. The van der Waals surface area contributed by atoms with Gasteiger partial charge in [0.15, 0.2) is 0 Å². The number of carbonyl (C=O) groups is 2. The van der Waals surface area contributed by atoms with Gasteiger partial charge in [0.2, 0.25) is 9.84 Å². The summed E-state index contributed by atoms with van der Waals surface area (Å²) in [6, 6.07) is 4.24. The summed E-state index contributed by atoms with van der Waals surface area (Å²) in [5.74, 6) is -3.68. The Kier molecular flexibility index (Phi) is 3.86. The molecule has 3 amide bonds. The Bertz CT molecular complexity index is 790. The van der Waals surface area contributed by atoms with Gasteiger partial charge in [-0.25, -0.2) is 13.2 Å². The van der Waals surface area contributed by atoms with E-state index in [1.807, 2.05) is 0 Å². The average molecular weight is 358 g/mol. The zero-order valence-electron chi connectivity index (χ0n) is 12.8. The molecule has 0 aromatic heterocycles. The number of benzene rings is 1. The second-order valence-corrected chi connectivity index (χ2v) is 8.17. The van der Waals surface area contributed by atoms with Crippen molar-refractivity contribution in [3.05, 3.63) is 29.8 Å². The highest BCUT2D eigenvalue weighted by atomic mass is 32.2. The summed E-state index contributed by atoms with van der Waals surface area (Å²) in [7, 11) is -4.66. The molecule has 1 aromatic rings. The van der Waals surface area contributed by atoms with E-state index in [0.717, 1.165) is 29.9 Å². The molecule has 130 valence electrons. The third-order valence-electron chi connectivity index (χ3n) is 4.52. The first-order valence-electron chi connectivity index (χ1n) is 7.41. The van der Waals surface area contributed by atoms with Gasteiger partial charge in [-0.05, 0) is 43.4 Å². The largest absolute Gasteiger partial charge is 0.341 e. The number of urea groups is 1. The molecule has 1 saturated carbocycles. The van der Waals surface area contributed by atoms with E-state index >= 15 is 0 Å². The number of rotatable bonds is 5. The molecule has 2 aliphatic rings. The average Bonchev–Trinajstić information content (AvgIpc) is 3.34. The maximum Gasteiger partial charge on any atom is 0.341 e. The van der Waals surface area contributed by atoms with Crippen molar-refractivity contribution in [3.63, 3.8) is 0 Å². The molecule has 1 aliphatic carbocycles. The summed E-state index contributed by atoms with van der Waals surface area (Å²) >= 11 is 0. The van der Waals surface area contributed by atoms with Crippen LogP contribution in [0.3, 0.4) is 0 Å². The van der Waals surface area contributed by atoms with E-state index in [2.05, 4.69) is 5.32 Å². The lowest BCUT2D eigenvalue weighted by atomic mass is 9.96. The Morgan fingerprint density at radius 1 is 1.25 bits per heavy atom. The maximum atomic E-state index is 12.5. The van der Waals surface area contributed by atoms with Crippen molar-refractivity contribution in [1.29, 1.82) is 0 Å². The molecule has 1 atom stereocenters. The van der Waals surface area contributed by atoms with Crippen LogP contribution in [0, 0.1) is 5.92 Å². The minimum atomic E-state index is -4.66.